The first-order chi connectivity index (χ1) is 13.8. The molecule has 0 unspecified atom stereocenters. The van der Waals surface area contributed by atoms with Crippen molar-refractivity contribution in [2.45, 2.75) is 11.1 Å². The molecule has 0 spiro atoms. The van der Waals surface area contributed by atoms with Gasteiger partial charge in [-0.1, -0.05) is 6.07 Å². The van der Waals surface area contributed by atoms with Crippen LogP contribution in [0, 0.1) is 0 Å². The molecule has 0 fully saturated rings. The van der Waals surface area contributed by atoms with E-state index in [2.05, 4.69) is 10.0 Å². The van der Waals surface area contributed by atoms with Gasteiger partial charge in [-0.15, -0.1) is 11.3 Å². The smallest absolute Gasteiger partial charge is 0.271 e. The summed E-state index contributed by atoms with van der Waals surface area (Å²) in [4.78, 5) is 25.3. The van der Waals surface area contributed by atoms with Crippen LogP contribution in [0.5, 0.6) is 0 Å². The Morgan fingerprint density at radius 3 is 2.10 bits per heavy atom. The Kier molecular flexibility index (Phi) is 6.00. The van der Waals surface area contributed by atoms with Crippen LogP contribution < -0.4 is 14.9 Å². The molecule has 1 aromatic heterocycles. The molecule has 29 heavy (non-hydrogen) atoms. The number of nitrogens with zero attached hydrogens (tertiary/aromatic N) is 1. The number of amides is 2. The summed E-state index contributed by atoms with van der Waals surface area (Å²) < 4.78 is 27.2. The molecule has 3 aromatic rings. The summed E-state index contributed by atoms with van der Waals surface area (Å²) in [6, 6.07) is 16.2. The molecule has 2 N–H and O–H groups in total. The molecule has 0 saturated heterocycles. The molecule has 0 aliphatic heterocycles. The number of thiophene rings is 1. The monoisotopic (exact) mass is 429 g/mol. The Morgan fingerprint density at radius 2 is 1.55 bits per heavy atom. The van der Waals surface area contributed by atoms with E-state index in [1.807, 2.05) is 0 Å². The van der Waals surface area contributed by atoms with Crippen LogP contribution in [0.2, 0.25) is 0 Å². The molecule has 2 amide bonds. The van der Waals surface area contributed by atoms with Crippen LogP contribution in [-0.4, -0.2) is 27.3 Å². The second-order valence-corrected chi connectivity index (χ2v) is 9.05. The van der Waals surface area contributed by atoms with Gasteiger partial charge in [-0.25, -0.2) is 8.42 Å². The predicted octanol–water partition coefficient (Wildman–Crippen LogP) is 3.78. The van der Waals surface area contributed by atoms with Gasteiger partial charge in [-0.05, 0) is 60.0 Å². The topological polar surface area (TPSA) is 95.6 Å². The van der Waals surface area contributed by atoms with Gasteiger partial charge in [-0.3, -0.25) is 14.3 Å². The van der Waals surface area contributed by atoms with Crippen LogP contribution in [-0.2, 0) is 14.8 Å². The van der Waals surface area contributed by atoms with E-state index in [9.17, 15) is 18.0 Å². The largest absolute Gasteiger partial charge is 0.322 e. The number of sulfonamides is 1. The third-order valence-electron chi connectivity index (χ3n) is 4.14. The average Bonchev–Trinajstić information content (AvgIpc) is 3.24. The van der Waals surface area contributed by atoms with Crippen molar-refractivity contribution >= 4 is 50.2 Å². The minimum Gasteiger partial charge on any atom is -0.322 e. The lowest BCUT2D eigenvalue weighted by Gasteiger charge is -2.15. The van der Waals surface area contributed by atoms with Crippen molar-refractivity contribution in [1.82, 2.24) is 0 Å². The van der Waals surface area contributed by atoms with Crippen molar-refractivity contribution < 1.29 is 18.0 Å². The van der Waals surface area contributed by atoms with Crippen LogP contribution >= 0.6 is 11.3 Å². The van der Waals surface area contributed by atoms with E-state index in [0.717, 1.165) is 17.0 Å². The van der Waals surface area contributed by atoms with Gasteiger partial charge in [0.1, 0.15) is 4.21 Å². The summed E-state index contributed by atoms with van der Waals surface area (Å²) in [5.41, 5.74) is 2.05. The lowest BCUT2D eigenvalue weighted by atomic mass is 10.2. The number of anilines is 3. The molecule has 7 nitrogen and oxygen atoms in total. The van der Waals surface area contributed by atoms with Gasteiger partial charge in [0.25, 0.3) is 15.9 Å². The second kappa shape index (κ2) is 8.46. The fourth-order valence-electron chi connectivity index (χ4n) is 2.46. The van der Waals surface area contributed by atoms with Crippen LogP contribution in [0.25, 0.3) is 0 Å². The number of nitrogens with one attached hydrogen (secondary N) is 2. The fourth-order valence-corrected chi connectivity index (χ4v) is 4.52. The van der Waals surface area contributed by atoms with E-state index < -0.39 is 10.0 Å². The van der Waals surface area contributed by atoms with E-state index in [0.29, 0.717) is 16.9 Å². The molecule has 3 rings (SSSR count). The first kappa shape index (κ1) is 20.6. The van der Waals surface area contributed by atoms with Crippen LogP contribution in [0.4, 0.5) is 17.1 Å². The molecule has 0 aliphatic carbocycles. The quantitative estimate of drug-likeness (QED) is 0.623. The molecule has 150 valence electrons. The lowest BCUT2D eigenvalue weighted by molar-refractivity contribution is -0.116. The zero-order chi connectivity index (χ0) is 21.0. The Labute approximate surface area is 173 Å². The van der Waals surface area contributed by atoms with Crippen molar-refractivity contribution in [3.8, 4) is 0 Å². The molecule has 1 heterocycles. The number of carbonyl (C=O) groups is 2. The summed E-state index contributed by atoms with van der Waals surface area (Å²) in [5, 5.41) is 4.45. The van der Waals surface area contributed by atoms with Gasteiger partial charge in [0, 0.05) is 36.6 Å². The third kappa shape index (κ3) is 5.01. The maximum absolute atomic E-state index is 12.4. The molecule has 0 atom stereocenters. The maximum atomic E-state index is 12.4. The minimum atomic E-state index is -3.63. The normalized spacial score (nSPS) is 11.0. The van der Waals surface area contributed by atoms with Crippen LogP contribution in [0.15, 0.2) is 70.3 Å². The van der Waals surface area contributed by atoms with Gasteiger partial charge < -0.3 is 10.2 Å². The summed E-state index contributed by atoms with van der Waals surface area (Å²) in [6.07, 6.45) is 0. The summed E-state index contributed by atoms with van der Waals surface area (Å²) in [6.45, 7) is 1.47. The first-order valence-electron chi connectivity index (χ1n) is 8.58. The van der Waals surface area contributed by atoms with Gasteiger partial charge in [0.05, 0.1) is 0 Å². The molecule has 0 saturated carbocycles. The van der Waals surface area contributed by atoms with E-state index in [1.54, 1.807) is 54.9 Å². The predicted molar refractivity (Wildman–Crippen MR) is 115 cm³/mol. The van der Waals surface area contributed by atoms with E-state index in [1.165, 1.54) is 30.0 Å². The second-order valence-electron chi connectivity index (χ2n) is 6.19. The van der Waals surface area contributed by atoms with Crippen molar-refractivity contribution in [3.63, 3.8) is 0 Å². The summed E-state index contributed by atoms with van der Waals surface area (Å²) in [5.74, 6) is -0.415. The molecule has 9 heteroatoms. The van der Waals surface area contributed by atoms with E-state index in [4.69, 9.17) is 0 Å². The van der Waals surface area contributed by atoms with Gasteiger partial charge in [0.15, 0.2) is 0 Å². The van der Waals surface area contributed by atoms with Gasteiger partial charge in [-0.2, -0.15) is 0 Å². The maximum Gasteiger partial charge on any atom is 0.271 e. The molecule has 0 bridgehead atoms. The zero-order valence-electron chi connectivity index (χ0n) is 15.7. The Bertz CT molecular complexity index is 1110. The Morgan fingerprint density at radius 1 is 0.931 bits per heavy atom. The van der Waals surface area contributed by atoms with Gasteiger partial charge in [0.2, 0.25) is 5.91 Å². The SMILES string of the molecule is CC(=O)N(C)c1ccc(NC(=O)c2ccc(NS(=O)(=O)c3cccs3)cc2)cc1. The van der Waals surface area contributed by atoms with Crippen molar-refractivity contribution in [2.24, 2.45) is 0 Å². The zero-order valence-corrected chi connectivity index (χ0v) is 17.4. The number of hydrogen-bond donors (Lipinski definition) is 2. The van der Waals surface area contributed by atoms with Crippen LogP contribution in [0.3, 0.4) is 0 Å². The standard InChI is InChI=1S/C20H19N3O4S2/c1-14(24)23(2)18-11-9-16(10-12-18)21-20(25)15-5-7-17(8-6-15)22-29(26,27)19-4-3-13-28-19/h3-13,22H,1-2H3,(H,21,25). The number of carbonyl (C=O) groups excluding carboxylic acids is 2. The average molecular weight is 430 g/mol. The molecule has 2 aromatic carbocycles. The highest BCUT2D eigenvalue weighted by Gasteiger charge is 2.15. The van der Waals surface area contributed by atoms with Crippen LogP contribution in [0.1, 0.15) is 17.3 Å². The lowest BCUT2D eigenvalue weighted by Crippen LogP contribution is -2.22. The summed E-state index contributed by atoms with van der Waals surface area (Å²) >= 11 is 1.13. The van der Waals surface area contributed by atoms with Crippen molar-refractivity contribution in [1.29, 1.82) is 0 Å². The number of rotatable bonds is 6. The highest BCUT2D eigenvalue weighted by Crippen LogP contribution is 2.21. The van der Waals surface area contributed by atoms with Gasteiger partial charge >= 0.3 is 0 Å². The number of benzene rings is 2. The third-order valence-corrected chi connectivity index (χ3v) is 6.92. The Hall–Kier alpha value is -3.17. The molecule has 0 radical (unpaired) electrons. The van der Waals surface area contributed by atoms with E-state index >= 15 is 0 Å². The van der Waals surface area contributed by atoms with Crippen molar-refractivity contribution in [2.75, 3.05) is 22.0 Å². The fraction of sp³-hybridized carbons (Fsp3) is 0.100. The minimum absolute atomic E-state index is 0.0865. The number of hydrogen-bond acceptors (Lipinski definition) is 5. The summed E-state index contributed by atoms with van der Waals surface area (Å²) in [7, 11) is -1.96. The highest BCUT2D eigenvalue weighted by atomic mass is 32.2. The highest BCUT2D eigenvalue weighted by molar-refractivity contribution is 7.94. The van der Waals surface area contributed by atoms with E-state index in [-0.39, 0.29) is 16.0 Å². The van der Waals surface area contributed by atoms with Crippen molar-refractivity contribution in [3.05, 3.63) is 71.6 Å². The first-order valence-corrected chi connectivity index (χ1v) is 10.9. The molecular formula is C20H19N3O4S2. The molecule has 0 aliphatic rings. The Balaban J connectivity index is 1.65. The molecular weight excluding hydrogens is 410 g/mol.